The van der Waals surface area contributed by atoms with E-state index in [1.807, 2.05) is 30.3 Å². The van der Waals surface area contributed by atoms with Crippen LogP contribution in [0.5, 0.6) is 11.5 Å². The van der Waals surface area contributed by atoms with Gasteiger partial charge in [0, 0.05) is 59.9 Å². The molecule has 0 saturated carbocycles. The van der Waals surface area contributed by atoms with Crippen LogP contribution in [0, 0.1) is 0 Å². The van der Waals surface area contributed by atoms with Crippen LogP contribution in [0.3, 0.4) is 0 Å². The van der Waals surface area contributed by atoms with Gasteiger partial charge >= 0.3 is 0 Å². The minimum absolute atomic E-state index is 0. The molecule has 2 aromatic carbocycles. The van der Waals surface area contributed by atoms with E-state index < -0.39 is 5.97 Å². The number of para-hydroxylation sites is 2. The molecule has 3 aromatic rings. The molecular weight excluding hydrogens is 437 g/mol. The van der Waals surface area contributed by atoms with Crippen LogP contribution in [0.15, 0.2) is 89.1 Å². The Morgan fingerprint density at radius 3 is 1.48 bits per heavy atom. The largest absolute Gasteiger partial charge is 0.507 e. The Hall–Kier alpha value is -3.48. The number of aliphatic carboxylic acids is 1. The van der Waals surface area contributed by atoms with Gasteiger partial charge < -0.3 is 15.3 Å². The number of benzene rings is 2. The van der Waals surface area contributed by atoms with Crippen molar-refractivity contribution in [2.24, 2.45) is 9.98 Å². The van der Waals surface area contributed by atoms with Gasteiger partial charge in [-0.15, -0.1) is 0 Å². The Bertz CT molecular complexity index is 849. The summed E-state index contributed by atoms with van der Waals surface area (Å²) < 4.78 is 0. The fraction of sp³-hybridized carbons (Fsp3) is 0.130. The summed E-state index contributed by atoms with van der Waals surface area (Å²) in [6, 6.07) is 19.8. The van der Waals surface area contributed by atoms with Gasteiger partial charge in [0.15, 0.2) is 0 Å². The maximum atomic E-state index is 9.54. The molecule has 0 unspecified atom stereocenters. The predicted molar refractivity (Wildman–Crippen MR) is 119 cm³/mol. The minimum atomic E-state index is -0.833. The summed E-state index contributed by atoms with van der Waals surface area (Å²) in [4.78, 5) is 21.2. The van der Waals surface area contributed by atoms with Gasteiger partial charge in [0.05, 0.1) is 13.1 Å². The van der Waals surface area contributed by atoms with E-state index in [2.05, 4.69) is 15.0 Å². The third-order valence-electron chi connectivity index (χ3n) is 3.26. The number of carboxylic acids is 1. The second kappa shape index (κ2) is 17.4. The van der Waals surface area contributed by atoms with E-state index >= 15 is 0 Å². The molecule has 3 N–H and O–H groups in total. The number of phenols is 2. The third kappa shape index (κ3) is 14.2. The van der Waals surface area contributed by atoms with Crippen LogP contribution in [0.2, 0.25) is 0 Å². The van der Waals surface area contributed by atoms with Gasteiger partial charge in [-0.25, -0.2) is 0 Å². The number of aromatic hydroxyl groups is 2. The third-order valence-corrected chi connectivity index (χ3v) is 3.26. The second-order valence-electron chi connectivity index (χ2n) is 5.73. The van der Waals surface area contributed by atoms with Crippen molar-refractivity contribution >= 4 is 18.4 Å². The Labute approximate surface area is 192 Å². The maximum absolute atomic E-state index is 9.54. The summed E-state index contributed by atoms with van der Waals surface area (Å²) in [5, 5.41) is 26.5. The molecule has 0 aliphatic carbocycles. The topological polar surface area (TPSA) is 115 Å². The smallest absolute Gasteiger partial charge is 0.300 e. The first kappa shape index (κ1) is 27.5. The Morgan fingerprint density at radius 2 is 1.19 bits per heavy atom. The molecule has 1 radical (unpaired) electrons. The Morgan fingerprint density at radius 1 is 0.806 bits per heavy atom. The standard InChI is InChI=1S/C16H16N2O2.C5H5N.C2H4O2.Mn/c19-15-7-3-1-5-13(15)11-17-9-10-18-12-14-6-2-4-8-16(14)20;1-2-4-6-5-3-1;1-2(3)4;/h1-8,11-12,19-20H,9-10H2;1-5H;1H3,(H,3,4);. The van der Waals surface area contributed by atoms with Gasteiger partial charge in [0.2, 0.25) is 0 Å². The number of phenolic OH excluding ortho intramolecular Hbond substituents is 2. The van der Waals surface area contributed by atoms with Gasteiger partial charge in [0.1, 0.15) is 11.5 Å². The summed E-state index contributed by atoms with van der Waals surface area (Å²) >= 11 is 0. The molecule has 163 valence electrons. The molecule has 3 rings (SSSR count). The van der Waals surface area contributed by atoms with Crippen LogP contribution in [-0.2, 0) is 21.9 Å². The van der Waals surface area contributed by atoms with Crippen LogP contribution >= 0.6 is 0 Å². The number of aromatic nitrogens is 1. The summed E-state index contributed by atoms with van der Waals surface area (Å²) in [5.41, 5.74) is 1.38. The van der Waals surface area contributed by atoms with Crippen molar-refractivity contribution in [3.05, 3.63) is 90.3 Å². The van der Waals surface area contributed by atoms with Crippen LogP contribution in [0.25, 0.3) is 0 Å². The molecule has 0 aliphatic heterocycles. The van der Waals surface area contributed by atoms with Gasteiger partial charge in [-0.3, -0.25) is 19.8 Å². The predicted octanol–water partition coefficient (Wildman–Crippen LogP) is 3.81. The van der Waals surface area contributed by atoms with E-state index in [1.54, 1.807) is 61.2 Å². The molecule has 0 atom stereocenters. The average molecular weight is 462 g/mol. The van der Waals surface area contributed by atoms with E-state index in [-0.39, 0.29) is 28.6 Å². The van der Waals surface area contributed by atoms with Gasteiger partial charge in [0.25, 0.3) is 5.97 Å². The Kier molecular flexibility index (Phi) is 15.4. The average Bonchev–Trinajstić information content (AvgIpc) is 2.74. The van der Waals surface area contributed by atoms with Crippen LogP contribution < -0.4 is 0 Å². The first-order valence-electron chi connectivity index (χ1n) is 9.11. The van der Waals surface area contributed by atoms with Crippen molar-refractivity contribution in [3.8, 4) is 11.5 Å². The zero-order valence-corrected chi connectivity index (χ0v) is 18.2. The molecule has 1 aromatic heterocycles. The SMILES string of the molecule is CC(=O)O.Oc1ccccc1C=NCCN=Cc1ccccc1O.[Mn].c1ccncc1. The first-order valence-corrected chi connectivity index (χ1v) is 9.11. The van der Waals surface area contributed by atoms with Crippen LogP contribution in [-0.4, -0.2) is 51.8 Å². The van der Waals surface area contributed by atoms with Crippen LogP contribution in [0.4, 0.5) is 0 Å². The van der Waals surface area contributed by atoms with Crippen molar-refractivity contribution in [1.82, 2.24) is 4.98 Å². The van der Waals surface area contributed by atoms with Crippen LogP contribution in [0.1, 0.15) is 18.1 Å². The zero-order valence-electron chi connectivity index (χ0n) is 17.0. The second-order valence-corrected chi connectivity index (χ2v) is 5.73. The van der Waals surface area contributed by atoms with Crippen molar-refractivity contribution in [2.45, 2.75) is 6.92 Å². The number of hydrogen-bond donors (Lipinski definition) is 3. The number of hydrogen-bond acceptors (Lipinski definition) is 6. The molecule has 0 aliphatic rings. The number of nitrogens with zero attached hydrogens (tertiary/aromatic N) is 3. The fourth-order valence-corrected chi connectivity index (χ4v) is 1.95. The summed E-state index contributed by atoms with van der Waals surface area (Å²) in [7, 11) is 0. The molecule has 7 nitrogen and oxygen atoms in total. The molecule has 0 amide bonds. The Balaban J connectivity index is 0.000000678. The zero-order chi connectivity index (χ0) is 22.0. The van der Waals surface area contributed by atoms with E-state index in [4.69, 9.17) is 9.90 Å². The van der Waals surface area contributed by atoms with Crippen molar-refractivity contribution < 1.29 is 37.2 Å². The number of aliphatic imine (C=N–C) groups is 2. The number of rotatable bonds is 5. The molecule has 0 fully saturated rings. The van der Waals surface area contributed by atoms with E-state index in [1.165, 1.54) is 0 Å². The van der Waals surface area contributed by atoms with Gasteiger partial charge in [-0.05, 0) is 36.4 Å². The summed E-state index contributed by atoms with van der Waals surface area (Å²) in [6.07, 6.45) is 6.76. The van der Waals surface area contributed by atoms with Crippen molar-refractivity contribution in [2.75, 3.05) is 13.1 Å². The molecule has 8 heteroatoms. The van der Waals surface area contributed by atoms with Gasteiger partial charge in [-0.1, -0.05) is 30.3 Å². The molecular formula is C23H25MnN3O4. The van der Waals surface area contributed by atoms with E-state index in [0.717, 1.165) is 6.92 Å². The number of carboxylic acid groups (broad SMARTS) is 1. The monoisotopic (exact) mass is 462 g/mol. The fourth-order valence-electron chi connectivity index (χ4n) is 1.95. The quantitative estimate of drug-likeness (QED) is 0.303. The molecule has 31 heavy (non-hydrogen) atoms. The summed E-state index contributed by atoms with van der Waals surface area (Å²) in [5.74, 6) is -0.400. The normalized spacial score (nSPS) is 9.71. The number of carbonyl (C=O) groups is 1. The van der Waals surface area contributed by atoms with E-state index in [0.29, 0.717) is 24.2 Å². The summed E-state index contributed by atoms with van der Waals surface area (Å²) in [6.45, 7) is 2.14. The number of pyridine rings is 1. The van der Waals surface area contributed by atoms with Crippen molar-refractivity contribution in [3.63, 3.8) is 0 Å². The molecule has 0 spiro atoms. The molecule has 1 heterocycles. The van der Waals surface area contributed by atoms with Gasteiger partial charge in [-0.2, -0.15) is 0 Å². The first-order chi connectivity index (χ1) is 14.5. The minimum Gasteiger partial charge on any atom is -0.507 e. The van der Waals surface area contributed by atoms with E-state index in [9.17, 15) is 10.2 Å². The maximum Gasteiger partial charge on any atom is 0.300 e. The molecule has 0 saturated heterocycles. The molecule has 0 bridgehead atoms. The van der Waals surface area contributed by atoms with Crippen molar-refractivity contribution in [1.29, 1.82) is 0 Å².